The summed E-state index contributed by atoms with van der Waals surface area (Å²) in [4.78, 5) is 0. The van der Waals surface area contributed by atoms with E-state index in [1.165, 1.54) is 0 Å². The Balaban J connectivity index is 3.39. The van der Waals surface area contributed by atoms with Gasteiger partial charge >= 0.3 is 0 Å². The molecule has 0 aromatic heterocycles. The molecule has 84 valence electrons. The van der Waals surface area contributed by atoms with Gasteiger partial charge in [-0.2, -0.15) is 0 Å². The highest BCUT2D eigenvalue weighted by atomic mass is 28.2. The summed E-state index contributed by atoms with van der Waals surface area (Å²) in [6.45, 7) is 8.08. The van der Waals surface area contributed by atoms with Crippen LogP contribution in [0, 0.1) is 0 Å². The third-order valence-corrected chi connectivity index (χ3v) is 2.84. The topological polar surface area (TPSA) is 27.7 Å². The fraction of sp³-hybridized carbons (Fsp3) is 0.800. The van der Waals surface area contributed by atoms with Crippen LogP contribution in [-0.4, -0.2) is 35.9 Å². The van der Waals surface area contributed by atoms with Gasteiger partial charge in [0.1, 0.15) is 0 Å². The van der Waals surface area contributed by atoms with Crippen molar-refractivity contribution in [1.82, 2.24) is 0 Å². The summed E-state index contributed by atoms with van der Waals surface area (Å²) >= 11 is 0. The van der Waals surface area contributed by atoms with Crippen LogP contribution in [0.2, 0.25) is 0 Å². The van der Waals surface area contributed by atoms with E-state index in [0.29, 0.717) is 13.2 Å². The second-order valence-corrected chi connectivity index (χ2v) is 3.99. The van der Waals surface area contributed by atoms with Crippen LogP contribution in [0.3, 0.4) is 0 Å². The van der Waals surface area contributed by atoms with Crippen molar-refractivity contribution in [3.8, 4) is 0 Å². The molecule has 0 aromatic rings. The van der Waals surface area contributed by atoms with Crippen LogP contribution in [-0.2, 0) is 13.9 Å². The first kappa shape index (κ1) is 13.8. The standard InChI is InChI=1S/C10H22O3Si/c1-4-9-14-13-8-7-10(11-5-2)12-6-3/h4,9-10H,5-8,14H2,1-3H3. The first-order valence-corrected chi connectivity index (χ1v) is 6.66. The smallest absolute Gasteiger partial charge is 0.184 e. The number of allylic oxidation sites excluding steroid dienone is 1. The summed E-state index contributed by atoms with van der Waals surface area (Å²) in [5.41, 5.74) is 2.12. The quantitative estimate of drug-likeness (QED) is 0.333. The van der Waals surface area contributed by atoms with Crippen molar-refractivity contribution in [1.29, 1.82) is 0 Å². The summed E-state index contributed by atoms with van der Waals surface area (Å²) < 4.78 is 16.3. The Kier molecular flexibility index (Phi) is 10.8. The summed E-state index contributed by atoms with van der Waals surface area (Å²) in [6.07, 6.45) is 2.77. The van der Waals surface area contributed by atoms with Gasteiger partial charge in [-0.3, -0.25) is 0 Å². The van der Waals surface area contributed by atoms with Gasteiger partial charge in [0, 0.05) is 26.2 Å². The zero-order valence-electron chi connectivity index (χ0n) is 9.49. The third-order valence-electron chi connectivity index (χ3n) is 1.65. The maximum Gasteiger partial charge on any atom is 0.184 e. The molecular formula is C10H22O3Si. The summed E-state index contributed by atoms with van der Waals surface area (Å²) in [5, 5.41) is 0. The van der Waals surface area contributed by atoms with Crippen LogP contribution in [0.25, 0.3) is 0 Å². The summed E-state index contributed by atoms with van der Waals surface area (Å²) in [5.74, 6) is 0. The SMILES string of the molecule is CC=C[SiH2]OCCC(OCC)OCC. The Morgan fingerprint density at radius 2 is 1.86 bits per heavy atom. The van der Waals surface area contributed by atoms with Gasteiger partial charge in [0.05, 0.1) is 0 Å². The molecule has 0 aliphatic rings. The van der Waals surface area contributed by atoms with Crippen molar-refractivity contribution in [2.45, 2.75) is 33.5 Å². The highest BCUT2D eigenvalue weighted by molar-refractivity contribution is 6.34. The summed E-state index contributed by atoms with van der Waals surface area (Å²) in [7, 11) is -0.451. The number of ether oxygens (including phenoxy) is 2. The van der Waals surface area contributed by atoms with Gasteiger partial charge in [-0.25, -0.2) is 0 Å². The van der Waals surface area contributed by atoms with Gasteiger partial charge in [-0.05, 0) is 20.8 Å². The molecule has 0 N–H and O–H groups in total. The molecule has 0 unspecified atom stereocenters. The highest BCUT2D eigenvalue weighted by Crippen LogP contribution is 2.00. The van der Waals surface area contributed by atoms with E-state index in [1.54, 1.807) is 0 Å². The predicted molar refractivity (Wildman–Crippen MR) is 61.0 cm³/mol. The van der Waals surface area contributed by atoms with Crippen LogP contribution < -0.4 is 0 Å². The lowest BCUT2D eigenvalue weighted by molar-refractivity contribution is -0.142. The number of hydrogen-bond acceptors (Lipinski definition) is 3. The van der Waals surface area contributed by atoms with Crippen LogP contribution >= 0.6 is 0 Å². The van der Waals surface area contributed by atoms with Crippen LogP contribution in [0.5, 0.6) is 0 Å². The van der Waals surface area contributed by atoms with E-state index < -0.39 is 9.76 Å². The first-order chi connectivity index (χ1) is 6.85. The third kappa shape index (κ3) is 8.44. The van der Waals surface area contributed by atoms with Crippen LogP contribution in [0.4, 0.5) is 0 Å². The fourth-order valence-corrected chi connectivity index (χ4v) is 1.68. The number of hydrogen-bond donors (Lipinski definition) is 0. The zero-order chi connectivity index (χ0) is 10.6. The molecule has 0 aliphatic carbocycles. The van der Waals surface area contributed by atoms with Gasteiger partial charge in [0.25, 0.3) is 0 Å². The molecule has 0 saturated carbocycles. The second-order valence-electron chi connectivity index (χ2n) is 2.77. The van der Waals surface area contributed by atoms with Crippen LogP contribution in [0.1, 0.15) is 27.2 Å². The van der Waals surface area contributed by atoms with E-state index in [-0.39, 0.29) is 6.29 Å². The van der Waals surface area contributed by atoms with Gasteiger partial charge < -0.3 is 13.9 Å². The van der Waals surface area contributed by atoms with E-state index in [4.69, 9.17) is 13.9 Å². The molecule has 0 radical (unpaired) electrons. The zero-order valence-corrected chi connectivity index (χ0v) is 10.9. The average Bonchev–Trinajstić information content (AvgIpc) is 2.18. The molecule has 3 nitrogen and oxygen atoms in total. The first-order valence-electron chi connectivity index (χ1n) is 5.27. The molecule has 0 amide bonds. The van der Waals surface area contributed by atoms with E-state index in [1.807, 2.05) is 26.8 Å². The molecule has 0 aromatic carbocycles. The van der Waals surface area contributed by atoms with Crippen molar-refractivity contribution in [2.24, 2.45) is 0 Å². The van der Waals surface area contributed by atoms with Crippen molar-refractivity contribution in [2.75, 3.05) is 19.8 Å². The van der Waals surface area contributed by atoms with Crippen molar-refractivity contribution < 1.29 is 13.9 Å². The van der Waals surface area contributed by atoms with E-state index in [9.17, 15) is 0 Å². The Labute approximate surface area is 89.4 Å². The highest BCUT2D eigenvalue weighted by Gasteiger charge is 2.06. The second kappa shape index (κ2) is 10.9. The normalized spacial score (nSPS) is 12.6. The van der Waals surface area contributed by atoms with Crippen molar-refractivity contribution in [3.05, 3.63) is 11.8 Å². The van der Waals surface area contributed by atoms with Crippen molar-refractivity contribution in [3.63, 3.8) is 0 Å². The minimum absolute atomic E-state index is 0.0930. The molecule has 0 spiro atoms. The van der Waals surface area contributed by atoms with Gasteiger partial charge in [0.2, 0.25) is 0 Å². The lowest BCUT2D eigenvalue weighted by Crippen LogP contribution is -2.19. The van der Waals surface area contributed by atoms with E-state index in [0.717, 1.165) is 13.0 Å². The van der Waals surface area contributed by atoms with Crippen molar-refractivity contribution >= 4 is 9.76 Å². The molecule has 0 heterocycles. The minimum atomic E-state index is -0.451. The molecule has 0 atom stereocenters. The average molecular weight is 218 g/mol. The molecular weight excluding hydrogens is 196 g/mol. The largest absolute Gasteiger partial charge is 0.419 e. The molecule has 0 bridgehead atoms. The van der Waals surface area contributed by atoms with E-state index >= 15 is 0 Å². The minimum Gasteiger partial charge on any atom is -0.419 e. The number of rotatable bonds is 9. The lowest BCUT2D eigenvalue weighted by atomic mass is 10.4. The maximum atomic E-state index is 5.49. The molecule has 0 aliphatic heterocycles. The Bertz CT molecular complexity index is 133. The molecule has 0 fully saturated rings. The molecule has 0 rings (SSSR count). The van der Waals surface area contributed by atoms with Crippen LogP contribution in [0.15, 0.2) is 11.8 Å². The van der Waals surface area contributed by atoms with Gasteiger partial charge in [-0.1, -0.05) is 11.8 Å². The van der Waals surface area contributed by atoms with E-state index in [2.05, 4.69) is 5.70 Å². The molecule has 14 heavy (non-hydrogen) atoms. The fourth-order valence-electron chi connectivity index (χ4n) is 1.01. The van der Waals surface area contributed by atoms with Gasteiger partial charge in [-0.15, -0.1) is 0 Å². The Hall–Kier alpha value is -0.163. The predicted octanol–water partition coefficient (Wildman–Crippen LogP) is 1.41. The monoisotopic (exact) mass is 218 g/mol. The summed E-state index contributed by atoms with van der Waals surface area (Å²) in [6, 6.07) is 0. The molecule has 0 saturated heterocycles. The Morgan fingerprint density at radius 3 is 2.36 bits per heavy atom. The van der Waals surface area contributed by atoms with Gasteiger partial charge in [0.15, 0.2) is 16.1 Å². The maximum absolute atomic E-state index is 5.49. The lowest BCUT2D eigenvalue weighted by Gasteiger charge is -2.16. The Morgan fingerprint density at radius 1 is 1.21 bits per heavy atom. The molecule has 4 heteroatoms.